The normalized spacial score (nSPS) is 17.6. The van der Waals surface area contributed by atoms with Crippen molar-refractivity contribution >= 4 is 45.6 Å². The molecule has 0 aliphatic carbocycles. The summed E-state index contributed by atoms with van der Waals surface area (Å²) in [4.78, 5) is 28.3. The predicted molar refractivity (Wildman–Crippen MR) is 135 cm³/mol. The fraction of sp³-hybridized carbons (Fsp3) is 0.143. The maximum atomic E-state index is 13.4. The number of fused-ring (bicyclic) bond motifs is 1. The van der Waals surface area contributed by atoms with E-state index in [1.54, 1.807) is 24.3 Å². The van der Waals surface area contributed by atoms with Crippen LogP contribution in [0.3, 0.4) is 0 Å². The maximum Gasteiger partial charge on any atom is 0.300 e. The minimum atomic E-state index is -0.788. The van der Waals surface area contributed by atoms with E-state index >= 15 is 0 Å². The van der Waals surface area contributed by atoms with Crippen molar-refractivity contribution in [2.75, 3.05) is 4.90 Å². The Morgan fingerprint density at radius 3 is 2.35 bits per heavy atom. The van der Waals surface area contributed by atoms with Gasteiger partial charge in [0.15, 0.2) is 0 Å². The molecule has 3 aromatic carbocycles. The van der Waals surface area contributed by atoms with Crippen LogP contribution in [0.2, 0.25) is 5.02 Å². The fourth-order valence-corrected chi connectivity index (χ4v) is 4.75. The summed E-state index contributed by atoms with van der Waals surface area (Å²) >= 11 is 6.02. The summed E-state index contributed by atoms with van der Waals surface area (Å²) in [6.45, 7) is 3.96. The highest BCUT2D eigenvalue weighted by molar-refractivity contribution is 6.52. The molecule has 6 heteroatoms. The van der Waals surface area contributed by atoms with Crippen LogP contribution >= 0.6 is 11.6 Å². The lowest BCUT2D eigenvalue weighted by Gasteiger charge is -2.25. The van der Waals surface area contributed by atoms with Gasteiger partial charge in [0, 0.05) is 46.0 Å². The number of aromatic nitrogens is 1. The van der Waals surface area contributed by atoms with Gasteiger partial charge in [-0.15, -0.1) is 0 Å². The molecule has 5 rings (SSSR count). The largest absolute Gasteiger partial charge is 0.507 e. The number of halogens is 1. The molecule has 1 atom stereocenters. The van der Waals surface area contributed by atoms with E-state index in [0.29, 0.717) is 16.3 Å². The van der Waals surface area contributed by atoms with Crippen molar-refractivity contribution in [3.05, 3.63) is 106 Å². The number of carbonyl (C=O) groups excluding carboxylic acids is 2. The Bertz CT molecular complexity index is 1500. The van der Waals surface area contributed by atoms with E-state index in [9.17, 15) is 14.7 Å². The van der Waals surface area contributed by atoms with Crippen molar-refractivity contribution in [3.8, 4) is 0 Å². The van der Waals surface area contributed by atoms with Gasteiger partial charge in [0.2, 0.25) is 0 Å². The van der Waals surface area contributed by atoms with E-state index in [2.05, 4.69) is 0 Å². The van der Waals surface area contributed by atoms with Gasteiger partial charge in [-0.25, -0.2) is 0 Å². The first-order valence-electron chi connectivity index (χ1n) is 11.0. The second-order valence-corrected chi connectivity index (χ2v) is 9.09. The van der Waals surface area contributed by atoms with Crippen LogP contribution < -0.4 is 4.90 Å². The molecule has 1 fully saturated rings. The lowest BCUT2D eigenvalue weighted by atomic mass is 9.94. The van der Waals surface area contributed by atoms with Gasteiger partial charge < -0.3 is 9.67 Å². The first-order valence-corrected chi connectivity index (χ1v) is 11.3. The molecule has 1 N–H and O–H groups in total. The van der Waals surface area contributed by atoms with Crippen molar-refractivity contribution in [1.29, 1.82) is 0 Å². The van der Waals surface area contributed by atoms with Crippen molar-refractivity contribution in [2.45, 2.75) is 19.9 Å². The lowest BCUT2D eigenvalue weighted by Crippen LogP contribution is -2.29. The molecular formula is C28H23ClN2O3. The molecule has 1 aliphatic rings. The topological polar surface area (TPSA) is 62.5 Å². The molecule has 1 aromatic heterocycles. The van der Waals surface area contributed by atoms with Crippen molar-refractivity contribution < 1.29 is 14.7 Å². The summed E-state index contributed by atoms with van der Waals surface area (Å²) < 4.78 is 1.97. The summed E-state index contributed by atoms with van der Waals surface area (Å²) in [6, 6.07) is 19.3. The molecule has 0 saturated carbocycles. The average molecular weight is 471 g/mol. The zero-order valence-corrected chi connectivity index (χ0v) is 19.8. The molecule has 1 aliphatic heterocycles. The smallest absolute Gasteiger partial charge is 0.300 e. The van der Waals surface area contributed by atoms with E-state index in [0.717, 1.165) is 27.6 Å². The van der Waals surface area contributed by atoms with Gasteiger partial charge in [0.1, 0.15) is 5.76 Å². The number of anilines is 1. The van der Waals surface area contributed by atoms with Crippen LogP contribution in [0.5, 0.6) is 0 Å². The second-order valence-electron chi connectivity index (χ2n) is 8.66. The molecule has 0 spiro atoms. The van der Waals surface area contributed by atoms with Crippen molar-refractivity contribution in [1.82, 2.24) is 4.57 Å². The van der Waals surface area contributed by atoms with Gasteiger partial charge in [-0.2, -0.15) is 0 Å². The monoisotopic (exact) mass is 470 g/mol. The van der Waals surface area contributed by atoms with Gasteiger partial charge in [-0.3, -0.25) is 14.5 Å². The van der Waals surface area contributed by atoms with Crippen LogP contribution in [-0.4, -0.2) is 21.4 Å². The number of ketones is 1. The number of hydrogen-bond acceptors (Lipinski definition) is 3. The van der Waals surface area contributed by atoms with E-state index in [4.69, 9.17) is 11.6 Å². The van der Waals surface area contributed by atoms with Gasteiger partial charge >= 0.3 is 0 Å². The number of aliphatic hydroxyl groups excluding tert-OH is 1. The first kappa shape index (κ1) is 22.0. The molecule has 2 heterocycles. The Kier molecular flexibility index (Phi) is 5.29. The highest BCUT2D eigenvalue weighted by Crippen LogP contribution is 2.45. The molecule has 1 unspecified atom stereocenters. The number of benzene rings is 3. The van der Waals surface area contributed by atoms with Crippen molar-refractivity contribution in [3.63, 3.8) is 0 Å². The van der Waals surface area contributed by atoms with Crippen LogP contribution in [0.1, 0.15) is 28.3 Å². The van der Waals surface area contributed by atoms with E-state index in [1.807, 2.05) is 74.1 Å². The SMILES string of the molecule is Cc1ccc(N2C(=O)C(=O)/C(=C(/O)c3ccc(Cl)cc3)C2c2cn(C)c3ccccc23)cc1C. The quantitative estimate of drug-likeness (QED) is 0.224. The minimum absolute atomic E-state index is 0.0573. The third-order valence-corrected chi connectivity index (χ3v) is 6.81. The van der Waals surface area contributed by atoms with E-state index < -0.39 is 17.7 Å². The zero-order chi connectivity index (χ0) is 24.1. The number of hydrogen-bond donors (Lipinski definition) is 1. The van der Waals surface area contributed by atoms with Gasteiger partial charge in [-0.1, -0.05) is 35.9 Å². The Hall–Kier alpha value is -3.83. The van der Waals surface area contributed by atoms with Gasteiger partial charge in [-0.05, 0) is 67.4 Å². The number of amides is 1. The number of rotatable bonds is 3. The summed E-state index contributed by atoms with van der Waals surface area (Å²) in [5.74, 6) is -1.61. The fourth-order valence-electron chi connectivity index (χ4n) is 4.62. The summed E-state index contributed by atoms with van der Waals surface area (Å²) in [5.41, 5.74) is 4.92. The Morgan fingerprint density at radius 1 is 0.941 bits per heavy atom. The molecule has 1 saturated heterocycles. The summed E-state index contributed by atoms with van der Waals surface area (Å²) in [6.07, 6.45) is 1.92. The number of Topliss-reactive ketones (excluding diaryl/α,β-unsaturated/α-hetero) is 1. The summed E-state index contributed by atoms with van der Waals surface area (Å²) in [7, 11) is 1.92. The molecule has 0 bridgehead atoms. The maximum absolute atomic E-state index is 13.4. The van der Waals surface area contributed by atoms with Crippen LogP contribution in [-0.2, 0) is 16.6 Å². The van der Waals surface area contributed by atoms with Crippen LogP contribution in [0.25, 0.3) is 16.7 Å². The number of aliphatic hydroxyl groups is 1. The van der Waals surface area contributed by atoms with Crippen LogP contribution in [0.4, 0.5) is 5.69 Å². The van der Waals surface area contributed by atoms with Crippen molar-refractivity contribution in [2.24, 2.45) is 7.05 Å². The second kappa shape index (κ2) is 8.19. The number of nitrogens with zero attached hydrogens (tertiary/aromatic N) is 2. The summed E-state index contributed by atoms with van der Waals surface area (Å²) in [5, 5.41) is 12.7. The Balaban J connectivity index is 1.81. The highest BCUT2D eigenvalue weighted by atomic mass is 35.5. The first-order chi connectivity index (χ1) is 16.3. The highest BCUT2D eigenvalue weighted by Gasteiger charge is 2.47. The van der Waals surface area contributed by atoms with Gasteiger partial charge in [0.25, 0.3) is 11.7 Å². The molecule has 5 nitrogen and oxygen atoms in total. The third kappa shape index (κ3) is 3.40. The molecular weight excluding hydrogens is 448 g/mol. The zero-order valence-electron chi connectivity index (χ0n) is 19.0. The Labute approximate surface area is 202 Å². The minimum Gasteiger partial charge on any atom is -0.507 e. The third-order valence-electron chi connectivity index (χ3n) is 6.55. The van der Waals surface area contributed by atoms with E-state index in [1.165, 1.54) is 4.90 Å². The standard InChI is InChI=1S/C28H23ClN2O3/c1-16-8-13-20(14-17(16)2)31-25(22-15-30(3)23-7-5-4-6-21(22)23)24(27(33)28(31)34)26(32)18-9-11-19(29)12-10-18/h4-15,25,32H,1-3H3/b26-24+. The molecule has 34 heavy (non-hydrogen) atoms. The molecule has 4 aromatic rings. The Morgan fingerprint density at radius 2 is 1.65 bits per heavy atom. The number of carbonyl (C=O) groups is 2. The molecule has 170 valence electrons. The van der Waals surface area contributed by atoms with E-state index in [-0.39, 0.29) is 11.3 Å². The van der Waals surface area contributed by atoms with Crippen LogP contribution in [0.15, 0.2) is 78.5 Å². The number of para-hydroxylation sites is 1. The average Bonchev–Trinajstić information content (AvgIpc) is 3.29. The lowest BCUT2D eigenvalue weighted by molar-refractivity contribution is -0.132. The van der Waals surface area contributed by atoms with Crippen LogP contribution in [0, 0.1) is 13.8 Å². The number of aryl methyl sites for hydroxylation is 3. The molecule has 0 radical (unpaired) electrons. The van der Waals surface area contributed by atoms with Gasteiger partial charge in [0.05, 0.1) is 11.6 Å². The molecule has 1 amide bonds. The predicted octanol–water partition coefficient (Wildman–Crippen LogP) is 6.07.